The molecule has 1 amide bonds. The maximum absolute atomic E-state index is 12.9. The summed E-state index contributed by atoms with van der Waals surface area (Å²) in [7, 11) is 0. The number of hydrogen-bond donors (Lipinski definition) is 2. The van der Waals surface area contributed by atoms with Crippen LogP contribution in [0.15, 0.2) is 0 Å². The molecule has 0 aromatic heterocycles. The van der Waals surface area contributed by atoms with E-state index in [0.29, 0.717) is 17.9 Å². The van der Waals surface area contributed by atoms with Gasteiger partial charge < -0.3 is 10.6 Å². The van der Waals surface area contributed by atoms with Crippen molar-refractivity contribution in [2.75, 3.05) is 13.1 Å². The predicted octanol–water partition coefficient (Wildman–Crippen LogP) is 3.10. The molecule has 2 N–H and O–H groups in total. The molecule has 1 aliphatic carbocycles. The number of carbonyl (C=O) groups excluding carboxylic acids is 1. The second kappa shape index (κ2) is 6.93. The first kappa shape index (κ1) is 15.8. The van der Waals surface area contributed by atoms with Gasteiger partial charge in [-0.3, -0.25) is 4.79 Å². The molecule has 0 aromatic carbocycles. The predicted molar refractivity (Wildman–Crippen MR) is 83.6 cm³/mol. The summed E-state index contributed by atoms with van der Waals surface area (Å²) in [6.45, 7) is 8.71. The summed E-state index contributed by atoms with van der Waals surface area (Å²) >= 11 is 0. The highest BCUT2D eigenvalue weighted by Gasteiger charge is 2.41. The zero-order valence-electron chi connectivity index (χ0n) is 13.5. The Hall–Kier alpha value is -0.570. The van der Waals surface area contributed by atoms with Crippen LogP contribution >= 0.6 is 0 Å². The molecule has 1 aliphatic heterocycles. The third-order valence-corrected chi connectivity index (χ3v) is 5.75. The van der Waals surface area contributed by atoms with Crippen molar-refractivity contribution in [2.45, 2.75) is 71.8 Å². The Balaban J connectivity index is 1.98. The van der Waals surface area contributed by atoms with E-state index in [1.807, 2.05) is 0 Å². The normalized spacial score (nSPS) is 37.9. The van der Waals surface area contributed by atoms with Crippen molar-refractivity contribution >= 4 is 5.91 Å². The Bertz CT molecular complexity index is 317. The topological polar surface area (TPSA) is 41.1 Å². The molecule has 0 bridgehead atoms. The molecule has 20 heavy (non-hydrogen) atoms. The fraction of sp³-hybridized carbons (Fsp3) is 0.941. The van der Waals surface area contributed by atoms with Crippen molar-refractivity contribution < 1.29 is 4.79 Å². The van der Waals surface area contributed by atoms with E-state index in [2.05, 4.69) is 31.4 Å². The molecular formula is C17H32N2O. The van der Waals surface area contributed by atoms with Gasteiger partial charge in [0.25, 0.3) is 0 Å². The molecule has 1 saturated heterocycles. The number of nitrogens with one attached hydrogen (secondary N) is 2. The minimum atomic E-state index is -0.142. The van der Waals surface area contributed by atoms with Gasteiger partial charge >= 0.3 is 0 Å². The average molecular weight is 280 g/mol. The molecule has 2 rings (SSSR count). The van der Waals surface area contributed by atoms with Crippen LogP contribution in [0.4, 0.5) is 0 Å². The highest BCUT2D eigenvalue weighted by Crippen LogP contribution is 2.36. The molecule has 116 valence electrons. The van der Waals surface area contributed by atoms with Crippen molar-refractivity contribution in [3.63, 3.8) is 0 Å². The van der Waals surface area contributed by atoms with Gasteiger partial charge in [0.05, 0.1) is 5.41 Å². The van der Waals surface area contributed by atoms with Gasteiger partial charge in [0.15, 0.2) is 0 Å². The largest absolute Gasteiger partial charge is 0.353 e. The fourth-order valence-corrected chi connectivity index (χ4v) is 4.32. The first-order valence-electron chi connectivity index (χ1n) is 8.64. The summed E-state index contributed by atoms with van der Waals surface area (Å²) in [5, 5.41) is 6.85. The van der Waals surface area contributed by atoms with Crippen LogP contribution in [-0.2, 0) is 4.79 Å². The van der Waals surface area contributed by atoms with Crippen molar-refractivity contribution in [1.29, 1.82) is 0 Å². The third kappa shape index (κ3) is 3.19. The molecule has 2 fully saturated rings. The van der Waals surface area contributed by atoms with E-state index >= 15 is 0 Å². The van der Waals surface area contributed by atoms with E-state index in [0.717, 1.165) is 44.7 Å². The Morgan fingerprint density at radius 1 is 1.35 bits per heavy atom. The van der Waals surface area contributed by atoms with Crippen LogP contribution in [0.3, 0.4) is 0 Å². The highest BCUT2D eigenvalue weighted by atomic mass is 16.2. The van der Waals surface area contributed by atoms with E-state index in [-0.39, 0.29) is 5.41 Å². The Morgan fingerprint density at radius 2 is 2.15 bits per heavy atom. The minimum absolute atomic E-state index is 0.142. The molecule has 4 atom stereocenters. The lowest BCUT2D eigenvalue weighted by Crippen LogP contribution is -2.53. The average Bonchev–Trinajstić information content (AvgIpc) is 2.81. The zero-order chi connectivity index (χ0) is 14.6. The van der Waals surface area contributed by atoms with Gasteiger partial charge in [0.2, 0.25) is 5.91 Å². The number of amides is 1. The molecule has 4 unspecified atom stereocenters. The summed E-state index contributed by atoms with van der Waals surface area (Å²) < 4.78 is 0. The lowest BCUT2D eigenvalue weighted by Gasteiger charge is -2.37. The summed E-state index contributed by atoms with van der Waals surface area (Å²) in [4.78, 5) is 12.9. The quantitative estimate of drug-likeness (QED) is 0.812. The Morgan fingerprint density at radius 3 is 2.70 bits per heavy atom. The van der Waals surface area contributed by atoms with Crippen LogP contribution in [0.5, 0.6) is 0 Å². The lowest BCUT2D eigenvalue weighted by molar-refractivity contribution is -0.133. The molecule has 0 spiro atoms. The molecule has 3 nitrogen and oxygen atoms in total. The van der Waals surface area contributed by atoms with E-state index in [1.54, 1.807) is 0 Å². The number of rotatable bonds is 5. The van der Waals surface area contributed by atoms with Gasteiger partial charge in [-0.2, -0.15) is 0 Å². The summed E-state index contributed by atoms with van der Waals surface area (Å²) in [6, 6.07) is 0.406. The van der Waals surface area contributed by atoms with Gasteiger partial charge in [0, 0.05) is 12.6 Å². The van der Waals surface area contributed by atoms with Gasteiger partial charge in [-0.1, -0.05) is 33.6 Å². The van der Waals surface area contributed by atoms with Gasteiger partial charge in [-0.15, -0.1) is 0 Å². The van der Waals surface area contributed by atoms with Crippen molar-refractivity contribution in [1.82, 2.24) is 10.6 Å². The molecular weight excluding hydrogens is 248 g/mol. The SMILES string of the molecule is CCCC1(C(=O)NC2CCC(CC)C2C)CCCNC1. The Kier molecular flexibility index (Phi) is 5.48. The van der Waals surface area contributed by atoms with E-state index in [9.17, 15) is 4.79 Å². The maximum Gasteiger partial charge on any atom is 0.227 e. The smallest absolute Gasteiger partial charge is 0.227 e. The van der Waals surface area contributed by atoms with Crippen molar-refractivity contribution in [2.24, 2.45) is 17.3 Å². The van der Waals surface area contributed by atoms with Crippen LogP contribution in [-0.4, -0.2) is 25.0 Å². The summed E-state index contributed by atoms with van der Waals surface area (Å²) in [6.07, 6.45) is 7.98. The van der Waals surface area contributed by atoms with Crippen molar-refractivity contribution in [3.8, 4) is 0 Å². The fourth-order valence-electron chi connectivity index (χ4n) is 4.32. The van der Waals surface area contributed by atoms with Gasteiger partial charge in [-0.25, -0.2) is 0 Å². The molecule has 3 heteroatoms. The lowest BCUT2D eigenvalue weighted by atomic mass is 9.76. The van der Waals surface area contributed by atoms with Crippen LogP contribution in [0.1, 0.15) is 65.7 Å². The standard InChI is InChI=1S/C17H32N2O/c1-4-9-17(10-6-11-18-12-17)16(20)19-15-8-7-14(5-2)13(15)3/h13-15,18H,4-12H2,1-3H3,(H,19,20). The monoisotopic (exact) mass is 280 g/mol. The molecule has 0 aromatic rings. The van der Waals surface area contributed by atoms with Crippen LogP contribution in [0, 0.1) is 17.3 Å². The molecule has 0 radical (unpaired) electrons. The first-order valence-corrected chi connectivity index (χ1v) is 8.64. The number of carbonyl (C=O) groups is 1. The second-order valence-corrected chi connectivity index (χ2v) is 7.00. The van der Waals surface area contributed by atoms with E-state index < -0.39 is 0 Å². The van der Waals surface area contributed by atoms with Gasteiger partial charge in [-0.05, 0) is 50.5 Å². The summed E-state index contributed by atoms with van der Waals surface area (Å²) in [5.74, 6) is 1.76. The number of hydrogen-bond acceptors (Lipinski definition) is 2. The zero-order valence-corrected chi connectivity index (χ0v) is 13.5. The second-order valence-electron chi connectivity index (χ2n) is 7.00. The minimum Gasteiger partial charge on any atom is -0.353 e. The van der Waals surface area contributed by atoms with E-state index in [4.69, 9.17) is 0 Å². The van der Waals surface area contributed by atoms with Crippen LogP contribution < -0.4 is 10.6 Å². The molecule has 2 aliphatic rings. The van der Waals surface area contributed by atoms with Crippen LogP contribution in [0.2, 0.25) is 0 Å². The van der Waals surface area contributed by atoms with Gasteiger partial charge in [0.1, 0.15) is 0 Å². The summed E-state index contributed by atoms with van der Waals surface area (Å²) in [5.41, 5.74) is -0.142. The van der Waals surface area contributed by atoms with Crippen molar-refractivity contribution in [3.05, 3.63) is 0 Å². The van der Waals surface area contributed by atoms with E-state index in [1.165, 1.54) is 19.3 Å². The van der Waals surface area contributed by atoms with Crippen LogP contribution in [0.25, 0.3) is 0 Å². The maximum atomic E-state index is 12.9. The Labute approximate surface area is 124 Å². The molecule has 1 saturated carbocycles. The molecule has 1 heterocycles. The first-order chi connectivity index (χ1) is 9.63. The third-order valence-electron chi connectivity index (χ3n) is 5.75. The number of piperidine rings is 1. The highest BCUT2D eigenvalue weighted by molar-refractivity contribution is 5.83.